The Hall–Kier alpha value is -3.09. The van der Waals surface area contributed by atoms with Crippen molar-refractivity contribution in [3.63, 3.8) is 0 Å². The van der Waals surface area contributed by atoms with Gasteiger partial charge in [-0.1, -0.05) is 17.3 Å². The monoisotopic (exact) mass is 366 g/mol. The first-order valence-corrected chi connectivity index (χ1v) is 8.95. The lowest BCUT2D eigenvalue weighted by Crippen LogP contribution is -2.36. The normalized spacial score (nSPS) is 13.5. The van der Waals surface area contributed by atoms with Crippen LogP contribution in [0.2, 0.25) is 0 Å². The SMILES string of the molecule is Cc1cc(F)c2c(c1)CCCN2C(=O)CCc1nc(-c2ccccn2)no1. The molecule has 2 aromatic heterocycles. The van der Waals surface area contributed by atoms with Crippen LogP contribution < -0.4 is 4.90 Å². The molecule has 0 radical (unpaired) electrons. The summed E-state index contributed by atoms with van der Waals surface area (Å²) in [5.74, 6) is 0.276. The maximum absolute atomic E-state index is 14.5. The molecule has 7 heteroatoms. The van der Waals surface area contributed by atoms with E-state index in [0.717, 1.165) is 24.0 Å². The average Bonchev–Trinajstić information content (AvgIpc) is 3.15. The molecule has 0 aliphatic carbocycles. The number of fused-ring (bicyclic) bond motifs is 1. The zero-order valence-corrected chi connectivity index (χ0v) is 15.0. The van der Waals surface area contributed by atoms with E-state index in [-0.39, 0.29) is 18.1 Å². The van der Waals surface area contributed by atoms with Gasteiger partial charge in [0.15, 0.2) is 0 Å². The van der Waals surface area contributed by atoms with E-state index < -0.39 is 0 Å². The second-order valence-electron chi connectivity index (χ2n) is 6.63. The van der Waals surface area contributed by atoms with Crippen molar-refractivity contribution in [2.75, 3.05) is 11.4 Å². The highest BCUT2D eigenvalue weighted by Gasteiger charge is 2.26. The lowest BCUT2D eigenvalue weighted by molar-refractivity contribution is -0.118. The fourth-order valence-corrected chi connectivity index (χ4v) is 3.39. The molecule has 0 unspecified atom stereocenters. The Kier molecular flexibility index (Phi) is 4.66. The van der Waals surface area contributed by atoms with Crippen LogP contribution >= 0.6 is 0 Å². The Labute approximate surface area is 156 Å². The maximum atomic E-state index is 14.5. The summed E-state index contributed by atoms with van der Waals surface area (Å²) in [4.78, 5) is 22.7. The number of hydrogen-bond acceptors (Lipinski definition) is 5. The maximum Gasteiger partial charge on any atom is 0.227 e. The zero-order valence-electron chi connectivity index (χ0n) is 15.0. The molecule has 0 saturated carbocycles. The number of nitrogens with zero attached hydrogens (tertiary/aromatic N) is 4. The molecule has 0 bridgehead atoms. The van der Waals surface area contributed by atoms with E-state index in [9.17, 15) is 9.18 Å². The Morgan fingerprint density at radius 1 is 1.33 bits per heavy atom. The highest BCUT2D eigenvalue weighted by Crippen LogP contribution is 2.31. The van der Waals surface area contributed by atoms with Gasteiger partial charge in [0, 0.05) is 25.6 Å². The van der Waals surface area contributed by atoms with Gasteiger partial charge in [-0.25, -0.2) is 4.39 Å². The lowest BCUT2D eigenvalue weighted by atomic mass is 9.98. The summed E-state index contributed by atoms with van der Waals surface area (Å²) in [6.45, 7) is 2.38. The number of benzene rings is 1. The van der Waals surface area contributed by atoms with Crippen molar-refractivity contribution in [3.8, 4) is 11.5 Å². The topological polar surface area (TPSA) is 72.1 Å². The summed E-state index contributed by atoms with van der Waals surface area (Å²) in [5.41, 5.74) is 2.79. The van der Waals surface area contributed by atoms with E-state index in [0.29, 0.717) is 36.1 Å². The third-order valence-electron chi connectivity index (χ3n) is 4.60. The predicted octanol–water partition coefficient (Wildman–Crippen LogP) is 3.49. The van der Waals surface area contributed by atoms with Crippen LogP contribution in [0.3, 0.4) is 0 Å². The van der Waals surface area contributed by atoms with E-state index in [1.807, 2.05) is 19.1 Å². The number of aryl methyl sites for hydroxylation is 3. The second kappa shape index (κ2) is 7.26. The fraction of sp³-hybridized carbons (Fsp3) is 0.300. The minimum Gasteiger partial charge on any atom is -0.339 e. The molecule has 0 saturated heterocycles. The summed E-state index contributed by atoms with van der Waals surface area (Å²) in [6.07, 6.45) is 3.74. The number of carbonyl (C=O) groups excluding carboxylic acids is 1. The lowest BCUT2D eigenvalue weighted by Gasteiger charge is -2.30. The van der Waals surface area contributed by atoms with E-state index in [4.69, 9.17) is 4.52 Å². The Balaban J connectivity index is 1.46. The summed E-state index contributed by atoms with van der Waals surface area (Å²) >= 11 is 0. The predicted molar refractivity (Wildman–Crippen MR) is 97.7 cm³/mol. The molecule has 27 heavy (non-hydrogen) atoms. The van der Waals surface area contributed by atoms with E-state index in [1.165, 1.54) is 6.07 Å². The van der Waals surface area contributed by atoms with Crippen LogP contribution in [0.5, 0.6) is 0 Å². The molecule has 0 spiro atoms. The van der Waals surface area contributed by atoms with Gasteiger partial charge in [0.05, 0.1) is 5.69 Å². The van der Waals surface area contributed by atoms with Crippen molar-refractivity contribution in [1.29, 1.82) is 0 Å². The van der Waals surface area contributed by atoms with Gasteiger partial charge in [0.25, 0.3) is 0 Å². The number of halogens is 1. The van der Waals surface area contributed by atoms with Crippen LogP contribution in [0.15, 0.2) is 41.1 Å². The number of rotatable bonds is 4. The molecular weight excluding hydrogens is 347 g/mol. The number of carbonyl (C=O) groups is 1. The number of amides is 1. The fourth-order valence-electron chi connectivity index (χ4n) is 3.39. The van der Waals surface area contributed by atoms with Gasteiger partial charge in [0.1, 0.15) is 11.5 Å². The minimum atomic E-state index is -0.340. The molecular formula is C20H19FN4O2. The highest BCUT2D eigenvalue weighted by molar-refractivity contribution is 5.94. The summed E-state index contributed by atoms with van der Waals surface area (Å²) in [7, 11) is 0. The van der Waals surface area contributed by atoms with Crippen molar-refractivity contribution in [3.05, 3.63) is 59.4 Å². The van der Waals surface area contributed by atoms with Gasteiger partial charge in [0.2, 0.25) is 17.6 Å². The molecule has 3 heterocycles. The third kappa shape index (κ3) is 3.58. The van der Waals surface area contributed by atoms with Crippen LogP contribution in [0.1, 0.15) is 29.9 Å². The van der Waals surface area contributed by atoms with Crippen molar-refractivity contribution in [2.24, 2.45) is 0 Å². The molecule has 1 aliphatic heterocycles. The van der Waals surface area contributed by atoms with E-state index >= 15 is 0 Å². The average molecular weight is 366 g/mol. The van der Waals surface area contributed by atoms with Gasteiger partial charge in [-0.05, 0) is 49.1 Å². The van der Waals surface area contributed by atoms with E-state index in [2.05, 4.69) is 15.1 Å². The Morgan fingerprint density at radius 3 is 3.04 bits per heavy atom. The second-order valence-corrected chi connectivity index (χ2v) is 6.63. The number of aromatic nitrogens is 3. The quantitative estimate of drug-likeness (QED) is 0.707. The molecule has 3 aromatic rings. The summed E-state index contributed by atoms with van der Waals surface area (Å²) in [6, 6.07) is 8.86. The van der Waals surface area contributed by atoms with Crippen LogP contribution in [0, 0.1) is 12.7 Å². The first-order valence-electron chi connectivity index (χ1n) is 8.95. The van der Waals surface area contributed by atoms with E-state index in [1.54, 1.807) is 23.2 Å². The molecule has 1 aliphatic rings. The van der Waals surface area contributed by atoms with Gasteiger partial charge >= 0.3 is 0 Å². The first kappa shape index (κ1) is 17.3. The molecule has 138 valence electrons. The molecule has 4 rings (SSSR count). The molecule has 1 aromatic carbocycles. The molecule has 0 N–H and O–H groups in total. The van der Waals surface area contributed by atoms with Crippen molar-refractivity contribution >= 4 is 11.6 Å². The number of pyridine rings is 1. The van der Waals surface area contributed by atoms with Crippen LogP contribution in [0.4, 0.5) is 10.1 Å². The van der Waals surface area contributed by atoms with Gasteiger partial charge in [-0.2, -0.15) is 4.98 Å². The Bertz CT molecular complexity index is 971. The van der Waals surface area contributed by atoms with Crippen molar-refractivity contribution in [1.82, 2.24) is 15.1 Å². The molecule has 0 fully saturated rings. The largest absolute Gasteiger partial charge is 0.339 e. The van der Waals surface area contributed by atoms with Crippen LogP contribution in [0.25, 0.3) is 11.5 Å². The van der Waals surface area contributed by atoms with Gasteiger partial charge < -0.3 is 9.42 Å². The molecule has 1 amide bonds. The van der Waals surface area contributed by atoms with Crippen molar-refractivity contribution in [2.45, 2.75) is 32.6 Å². The first-order chi connectivity index (χ1) is 13.1. The highest BCUT2D eigenvalue weighted by atomic mass is 19.1. The molecule has 6 nitrogen and oxygen atoms in total. The van der Waals surface area contributed by atoms with Crippen LogP contribution in [-0.2, 0) is 17.6 Å². The Morgan fingerprint density at radius 2 is 2.22 bits per heavy atom. The smallest absolute Gasteiger partial charge is 0.227 e. The van der Waals surface area contributed by atoms with Gasteiger partial charge in [-0.3, -0.25) is 9.78 Å². The third-order valence-corrected chi connectivity index (χ3v) is 4.60. The summed E-state index contributed by atoms with van der Waals surface area (Å²) in [5, 5.41) is 3.90. The summed E-state index contributed by atoms with van der Waals surface area (Å²) < 4.78 is 19.7. The zero-order chi connectivity index (χ0) is 18.8. The molecule has 0 atom stereocenters. The number of anilines is 1. The standard InChI is InChI=1S/C20H19FN4O2/c1-13-11-14-5-4-10-25(19(14)15(21)12-13)18(26)8-7-17-23-20(24-27-17)16-6-2-3-9-22-16/h2-3,6,9,11-12H,4-5,7-8,10H2,1H3. The number of hydrogen-bond donors (Lipinski definition) is 0. The van der Waals surface area contributed by atoms with Gasteiger partial charge in [-0.15, -0.1) is 0 Å². The van der Waals surface area contributed by atoms with Crippen molar-refractivity contribution < 1.29 is 13.7 Å². The van der Waals surface area contributed by atoms with Crippen LogP contribution in [-0.4, -0.2) is 27.6 Å². The minimum absolute atomic E-state index is 0.142.